The Morgan fingerprint density at radius 2 is 2.33 bits per heavy atom. The highest BCUT2D eigenvalue weighted by atomic mass is 16.5. The molecule has 2 N–H and O–H groups in total. The first kappa shape index (κ1) is 15.8. The fourth-order valence-electron chi connectivity index (χ4n) is 3.17. The third kappa shape index (κ3) is 4.20. The van der Waals surface area contributed by atoms with Gasteiger partial charge in [0, 0.05) is 13.1 Å². The van der Waals surface area contributed by atoms with E-state index in [9.17, 15) is 5.11 Å². The summed E-state index contributed by atoms with van der Waals surface area (Å²) in [5.41, 5.74) is 1.02. The van der Waals surface area contributed by atoms with Crippen LogP contribution in [-0.2, 0) is 6.54 Å². The Kier molecular flexibility index (Phi) is 5.22. The molecule has 0 heterocycles. The van der Waals surface area contributed by atoms with Gasteiger partial charge in [-0.25, -0.2) is 0 Å². The van der Waals surface area contributed by atoms with Crippen LogP contribution >= 0.6 is 0 Å². The van der Waals surface area contributed by atoms with Crippen LogP contribution in [0.15, 0.2) is 18.2 Å². The second kappa shape index (κ2) is 6.93. The zero-order valence-electron chi connectivity index (χ0n) is 12.9. The molecule has 0 radical (unpaired) electrons. The quantitative estimate of drug-likeness (QED) is 0.874. The highest BCUT2D eigenvalue weighted by Gasteiger charge is 2.31. The summed E-state index contributed by atoms with van der Waals surface area (Å²) < 4.78 is 5.21. The van der Waals surface area contributed by atoms with E-state index in [4.69, 9.17) is 10.00 Å². The molecule has 0 spiro atoms. The number of rotatable bonds is 5. The summed E-state index contributed by atoms with van der Waals surface area (Å²) >= 11 is 0. The molecule has 21 heavy (non-hydrogen) atoms. The van der Waals surface area contributed by atoms with Gasteiger partial charge in [-0.3, -0.25) is 0 Å². The van der Waals surface area contributed by atoms with Crippen molar-refractivity contribution in [3.05, 3.63) is 29.3 Å². The lowest BCUT2D eigenvalue weighted by atomic mass is 9.79. The van der Waals surface area contributed by atoms with Gasteiger partial charge in [0.1, 0.15) is 11.8 Å². The normalized spacial score (nSPS) is 25.3. The molecule has 0 saturated heterocycles. The zero-order valence-corrected chi connectivity index (χ0v) is 12.9. The van der Waals surface area contributed by atoms with Gasteiger partial charge in [0.15, 0.2) is 0 Å². The second-order valence-corrected chi connectivity index (χ2v) is 6.18. The van der Waals surface area contributed by atoms with E-state index in [-0.39, 0.29) is 0 Å². The fourth-order valence-corrected chi connectivity index (χ4v) is 3.17. The Morgan fingerprint density at radius 3 is 3.00 bits per heavy atom. The van der Waals surface area contributed by atoms with E-state index in [1.54, 1.807) is 13.2 Å². The average Bonchev–Trinajstić information content (AvgIpc) is 2.46. The molecule has 0 bridgehead atoms. The molecular weight excluding hydrogens is 264 g/mol. The molecule has 4 nitrogen and oxygen atoms in total. The molecule has 2 rings (SSSR count). The first-order chi connectivity index (χ1) is 10.1. The Balaban J connectivity index is 1.90. The molecule has 1 aliphatic rings. The molecule has 4 heteroatoms. The molecule has 1 saturated carbocycles. The van der Waals surface area contributed by atoms with Crippen LogP contribution in [0.4, 0.5) is 0 Å². The summed E-state index contributed by atoms with van der Waals surface area (Å²) in [6, 6.07) is 7.67. The van der Waals surface area contributed by atoms with Crippen molar-refractivity contribution in [1.82, 2.24) is 5.32 Å². The lowest BCUT2D eigenvalue weighted by Crippen LogP contribution is -2.43. The number of nitriles is 1. The van der Waals surface area contributed by atoms with Crippen molar-refractivity contribution in [3.63, 3.8) is 0 Å². The second-order valence-electron chi connectivity index (χ2n) is 6.18. The minimum Gasteiger partial charge on any atom is -0.495 e. The third-order valence-corrected chi connectivity index (χ3v) is 4.24. The largest absolute Gasteiger partial charge is 0.495 e. The standard InChI is InChI=1S/C17H24N2O2/c1-13-4-3-7-17(20,9-13)12-19-11-14-5-6-15(10-18)16(8-14)21-2/h5-6,8,13,19-20H,3-4,7,9,11-12H2,1-2H3. The number of hydrogen-bond acceptors (Lipinski definition) is 4. The van der Waals surface area contributed by atoms with Gasteiger partial charge in [-0.1, -0.05) is 25.8 Å². The van der Waals surface area contributed by atoms with E-state index in [1.165, 1.54) is 6.42 Å². The third-order valence-electron chi connectivity index (χ3n) is 4.24. The van der Waals surface area contributed by atoms with Gasteiger partial charge in [0.2, 0.25) is 0 Å². The number of nitrogens with one attached hydrogen (secondary N) is 1. The molecule has 114 valence electrons. The first-order valence-corrected chi connectivity index (χ1v) is 7.56. The van der Waals surface area contributed by atoms with Gasteiger partial charge in [-0.05, 0) is 36.5 Å². The lowest BCUT2D eigenvalue weighted by molar-refractivity contribution is -0.0119. The predicted octanol–water partition coefficient (Wildman–Crippen LogP) is 2.60. The van der Waals surface area contributed by atoms with E-state index >= 15 is 0 Å². The van der Waals surface area contributed by atoms with Crippen LogP contribution in [0.25, 0.3) is 0 Å². The van der Waals surface area contributed by atoms with Crippen LogP contribution in [0, 0.1) is 17.2 Å². The minimum atomic E-state index is -0.575. The monoisotopic (exact) mass is 288 g/mol. The van der Waals surface area contributed by atoms with E-state index in [0.717, 1.165) is 24.8 Å². The first-order valence-electron chi connectivity index (χ1n) is 7.56. The maximum Gasteiger partial charge on any atom is 0.136 e. The van der Waals surface area contributed by atoms with Gasteiger partial charge in [-0.15, -0.1) is 0 Å². The molecule has 0 amide bonds. The number of nitrogens with zero attached hydrogens (tertiary/aromatic N) is 1. The Labute approximate surface area is 126 Å². The number of aliphatic hydroxyl groups is 1. The Morgan fingerprint density at radius 1 is 1.52 bits per heavy atom. The number of methoxy groups -OCH3 is 1. The Hall–Kier alpha value is -1.57. The van der Waals surface area contributed by atoms with Crippen molar-refractivity contribution >= 4 is 0 Å². The van der Waals surface area contributed by atoms with E-state index in [0.29, 0.717) is 30.3 Å². The molecular formula is C17H24N2O2. The average molecular weight is 288 g/mol. The fraction of sp³-hybridized carbons (Fsp3) is 0.588. The highest BCUT2D eigenvalue weighted by molar-refractivity contribution is 5.45. The summed E-state index contributed by atoms with van der Waals surface area (Å²) in [7, 11) is 1.57. The van der Waals surface area contributed by atoms with Crippen molar-refractivity contribution in [3.8, 4) is 11.8 Å². The van der Waals surface area contributed by atoms with Gasteiger partial charge in [0.05, 0.1) is 18.3 Å². The number of hydrogen-bond donors (Lipinski definition) is 2. The van der Waals surface area contributed by atoms with Gasteiger partial charge < -0.3 is 15.2 Å². The predicted molar refractivity (Wildman–Crippen MR) is 82.0 cm³/mol. The van der Waals surface area contributed by atoms with E-state index in [1.807, 2.05) is 12.1 Å². The van der Waals surface area contributed by atoms with Gasteiger partial charge in [-0.2, -0.15) is 5.26 Å². The van der Waals surface area contributed by atoms with Gasteiger partial charge in [0.25, 0.3) is 0 Å². The maximum atomic E-state index is 10.6. The summed E-state index contributed by atoms with van der Waals surface area (Å²) in [6.07, 6.45) is 4.07. The van der Waals surface area contributed by atoms with Crippen molar-refractivity contribution < 1.29 is 9.84 Å². The summed E-state index contributed by atoms with van der Waals surface area (Å²) in [4.78, 5) is 0. The molecule has 1 aromatic carbocycles. The molecule has 2 unspecified atom stereocenters. The van der Waals surface area contributed by atoms with Crippen LogP contribution in [0.5, 0.6) is 5.75 Å². The maximum absolute atomic E-state index is 10.6. The van der Waals surface area contributed by atoms with Crippen LogP contribution in [0.1, 0.15) is 43.7 Å². The molecule has 1 aliphatic carbocycles. The van der Waals surface area contributed by atoms with Crippen LogP contribution < -0.4 is 10.1 Å². The van der Waals surface area contributed by atoms with Crippen molar-refractivity contribution in [2.75, 3.05) is 13.7 Å². The topological polar surface area (TPSA) is 65.3 Å². The molecule has 1 fully saturated rings. The SMILES string of the molecule is COc1cc(CNCC2(O)CCCC(C)C2)ccc1C#N. The summed E-state index contributed by atoms with van der Waals surface area (Å²) in [5.74, 6) is 1.20. The van der Waals surface area contributed by atoms with Crippen molar-refractivity contribution in [2.45, 2.75) is 44.8 Å². The molecule has 2 atom stereocenters. The van der Waals surface area contributed by atoms with E-state index < -0.39 is 5.60 Å². The van der Waals surface area contributed by atoms with E-state index in [2.05, 4.69) is 18.3 Å². The molecule has 1 aromatic rings. The van der Waals surface area contributed by atoms with Crippen molar-refractivity contribution in [2.24, 2.45) is 5.92 Å². The minimum absolute atomic E-state index is 0.543. The lowest BCUT2D eigenvalue weighted by Gasteiger charge is -2.35. The zero-order chi connectivity index (χ0) is 15.3. The Bertz CT molecular complexity index is 524. The number of ether oxygens (including phenoxy) is 1. The van der Waals surface area contributed by atoms with Crippen LogP contribution in [0.2, 0.25) is 0 Å². The molecule has 0 aliphatic heterocycles. The highest BCUT2D eigenvalue weighted by Crippen LogP contribution is 2.31. The van der Waals surface area contributed by atoms with Crippen molar-refractivity contribution in [1.29, 1.82) is 5.26 Å². The van der Waals surface area contributed by atoms with Crippen LogP contribution in [0.3, 0.4) is 0 Å². The smallest absolute Gasteiger partial charge is 0.136 e. The van der Waals surface area contributed by atoms with Crippen LogP contribution in [-0.4, -0.2) is 24.4 Å². The van der Waals surface area contributed by atoms with Gasteiger partial charge >= 0.3 is 0 Å². The number of benzene rings is 1. The summed E-state index contributed by atoms with van der Waals surface area (Å²) in [6.45, 7) is 3.48. The molecule has 0 aromatic heterocycles. The summed E-state index contributed by atoms with van der Waals surface area (Å²) in [5, 5.41) is 22.9.